The lowest BCUT2D eigenvalue weighted by Crippen LogP contribution is -2.31. The average molecular weight is 309 g/mol. The molecule has 0 saturated carbocycles. The second kappa shape index (κ2) is 6.78. The molecular weight excluding hydrogens is 289 g/mol. The molecule has 0 bridgehead atoms. The molecule has 114 valence electrons. The summed E-state index contributed by atoms with van der Waals surface area (Å²) in [5.41, 5.74) is 0.350. The molecular formula is C14H20ClF3N2. The van der Waals surface area contributed by atoms with Crippen LogP contribution >= 0.6 is 12.4 Å². The normalized spacial score (nSPS) is 21.6. The van der Waals surface area contributed by atoms with Gasteiger partial charge in [0.2, 0.25) is 0 Å². The standard InChI is InChI=1S/C14H19F3N2.ClH/c1-10(19-8-7-13(9-19)18-2)11-3-5-12(6-4-11)14(15,16)17;/h3-6,10,13,18H,7-9H2,1-2H3;1H. The maximum atomic E-state index is 12.5. The van der Waals surface area contributed by atoms with Gasteiger partial charge in [0.25, 0.3) is 0 Å². The van der Waals surface area contributed by atoms with Crippen molar-refractivity contribution in [2.45, 2.75) is 31.6 Å². The van der Waals surface area contributed by atoms with Gasteiger partial charge in [0.05, 0.1) is 5.56 Å². The van der Waals surface area contributed by atoms with Gasteiger partial charge in [0.15, 0.2) is 0 Å². The lowest BCUT2D eigenvalue weighted by molar-refractivity contribution is -0.137. The van der Waals surface area contributed by atoms with Gasteiger partial charge in [-0.25, -0.2) is 0 Å². The number of hydrogen-bond donors (Lipinski definition) is 1. The largest absolute Gasteiger partial charge is 0.416 e. The van der Waals surface area contributed by atoms with Crippen LogP contribution in [0.1, 0.15) is 30.5 Å². The van der Waals surface area contributed by atoms with E-state index in [9.17, 15) is 13.2 Å². The Balaban J connectivity index is 0.00000200. The molecule has 1 heterocycles. The van der Waals surface area contributed by atoms with Gasteiger partial charge in [0.1, 0.15) is 0 Å². The molecule has 0 radical (unpaired) electrons. The first-order chi connectivity index (χ1) is 8.91. The number of likely N-dealkylation sites (tertiary alicyclic amines) is 1. The molecule has 2 rings (SSSR count). The molecule has 1 saturated heterocycles. The Morgan fingerprint density at radius 2 is 1.85 bits per heavy atom. The minimum Gasteiger partial charge on any atom is -0.316 e. The van der Waals surface area contributed by atoms with Crippen molar-refractivity contribution in [3.05, 3.63) is 35.4 Å². The van der Waals surface area contributed by atoms with Crippen molar-refractivity contribution in [2.75, 3.05) is 20.1 Å². The van der Waals surface area contributed by atoms with Gasteiger partial charge in [-0.3, -0.25) is 4.90 Å². The molecule has 2 unspecified atom stereocenters. The van der Waals surface area contributed by atoms with E-state index in [2.05, 4.69) is 10.2 Å². The van der Waals surface area contributed by atoms with E-state index < -0.39 is 11.7 Å². The zero-order chi connectivity index (χ0) is 14.0. The van der Waals surface area contributed by atoms with Crippen LogP contribution in [-0.2, 0) is 6.18 Å². The quantitative estimate of drug-likeness (QED) is 0.919. The number of nitrogens with zero attached hydrogens (tertiary/aromatic N) is 1. The van der Waals surface area contributed by atoms with Gasteiger partial charge in [-0.05, 0) is 38.1 Å². The Hall–Kier alpha value is -0.780. The third-order valence-corrected chi connectivity index (χ3v) is 3.90. The number of nitrogens with one attached hydrogen (secondary N) is 1. The lowest BCUT2D eigenvalue weighted by Gasteiger charge is -2.25. The summed E-state index contributed by atoms with van der Waals surface area (Å²) >= 11 is 0. The van der Waals surface area contributed by atoms with Crippen molar-refractivity contribution in [3.63, 3.8) is 0 Å². The van der Waals surface area contributed by atoms with Gasteiger partial charge in [-0.1, -0.05) is 12.1 Å². The number of rotatable bonds is 3. The maximum Gasteiger partial charge on any atom is 0.416 e. The molecule has 1 aromatic rings. The number of alkyl halides is 3. The fraction of sp³-hybridized carbons (Fsp3) is 0.571. The van der Waals surface area contributed by atoms with Crippen LogP contribution in [0.3, 0.4) is 0 Å². The topological polar surface area (TPSA) is 15.3 Å². The Kier molecular flexibility index (Phi) is 5.86. The van der Waals surface area contributed by atoms with Crippen LogP contribution in [0.5, 0.6) is 0 Å². The van der Waals surface area contributed by atoms with E-state index in [1.165, 1.54) is 0 Å². The zero-order valence-corrected chi connectivity index (χ0v) is 12.4. The number of likely N-dealkylation sites (N-methyl/N-ethyl adjacent to an activating group) is 1. The van der Waals surface area contributed by atoms with E-state index in [1.807, 2.05) is 14.0 Å². The number of benzene rings is 1. The molecule has 0 aromatic heterocycles. The van der Waals surface area contributed by atoms with Crippen LogP contribution in [0.4, 0.5) is 13.2 Å². The van der Waals surface area contributed by atoms with Crippen molar-refractivity contribution in [1.82, 2.24) is 10.2 Å². The summed E-state index contributed by atoms with van der Waals surface area (Å²) in [4.78, 5) is 2.30. The molecule has 1 fully saturated rings. The minimum atomic E-state index is -4.26. The van der Waals surface area contributed by atoms with Gasteiger partial charge >= 0.3 is 6.18 Å². The van der Waals surface area contributed by atoms with E-state index in [0.29, 0.717) is 6.04 Å². The predicted octanol–water partition coefficient (Wildman–Crippen LogP) is 3.48. The monoisotopic (exact) mass is 308 g/mol. The highest BCUT2D eigenvalue weighted by Gasteiger charge is 2.31. The Morgan fingerprint density at radius 1 is 1.25 bits per heavy atom. The summed E-state index contributed by atoms with van der Waals surface area (Å²) in [6, 6.07) is 6.13. The highest BCUT2D eigenvalue weighted by Crippen LogP contribution is 2.31. The smallest absolute Gasteiger partial charge is 0.316 e. The fourth-order valence-electron chi connectivity index (χ4n) is 2.54. The highest BCUT2D eigenvalue weighted by molar-refractivity contribution is 5.85. The third kappa shape index (κ3) is 3.87. The second-order valence-electron chi connectivity index (χ2n) is 5.06. The highest BCUT2D eigenvalue weighted by atomic mass is 35.5. The van der Waals surface area contributed by atoms with Crippen LogP contribution in [0.15, 0.2) is 24.3 Å². The Labute approximate surface area is 123 Å². The van der Waals surface area contributed by atoms with E-state index in [4.69, 9.17) is 0 Å². The molecule has 1 aliphatic rings. The first-order valence-electron chi connectivity index (χ1n) is 6.50. The van der Waals surface area contributed by atoms with Gasteiger partial charge in [-0.15, -0.1) is 12.4 Å². The van der Waals surface area contributed by atoms with E-state index >= 15 is 0 Å². The summed E-state index contributed by atoms with van der Waals surface area (Å²) in [7, 11) is 1.94. The van der Waals surface area contributed by atoms with E-state index in [-0.39, 0.29) is 18.4 Å². The van der Waals surface area contributed by atoms with Crippen LogP contribution in [0, 0.1) is 0 Å². The summed E-state index contributed by atoms with van der Waals surface area (Å²) in [6.45, 7) is 3.97. The molecule has 1 N–H and O–H groups in total. The molecule has 0 aliphatic carbocycles. The summed E-state index contributed by atoms with van der Waals surface area (Å²) < 4.78 is 37.5. The summed E-state index contributed by atoms with van der Waals surface area (Å²) in [5.74, 6) is 0. The molecule has 20 heavy (non-hydrogen) atoms. The van der Waals surface area contributed by atoms with Crippen molar-refractivity contribution in [1.29, 1.82) is 0 Å². The van der Waals surface area contributed by atoms with Crippen LogP contribution in [-0.4, -0.2) is 31.1 Å². The zero-order valence-electron chi connectivity index (χ0n) is 11.6. The number of halogens is 4. The molecule has 0 spiro atoms. The SMILES string of the molecule is CNC1CCN(C(C)c2ccc(C(F)(F)F)cc2)C1.Cl. The summed E-state index contributed by atoms with van der Waals surface area (Å²) in [6.07, 6.45) is -3.17. The Morgan fingerprint density at radius 3 is 2.30 bits per heavy atom. The first-order valence-corrected chi connectivity index (χ1v) is 6.50. The number of hydrogen-bond acceptors (Lipinski definition) is 2. The molecule has 2 nitrogen and oxygen atoms in total. The molecule has 1 aliphatic heterocycles. The van der Waals surface area contributed by atoms with Gasteiger partial charge < -0.3 is 5.32 Å². The van der Waals surface area contributed by atoms with Crippen LogP contribution in [0.2, 0.25) is 0 Å². The van der Waals surface area contributed by atoms with Crippen LogP contribution in [0.25, 0.3) is 0 Å². The average Bonchev–Trinajstić information content (AvgIpc) is 2.86. The van der Waals surface area contributed by atoms with Gasteiger partial charge in [-0.2, -0.15) is 13.2 Å². The maximum absolute atomic E-state index is 12.5. The van der Waals surface area contributed by atoms with Crippen molar-refractivity contribution < 1.29 is 13.2 Å². The molecule has 1 aromatic carbocycles. The van der Waals surface area contributed by atoms with E-state index in [1.54, 1.807) is 12.1 Å². The van der Waals surface area contributed by atoms with Crippen LogP contribution < -0.4 is 5.32 Å². The minimum absolute atomic E-state index is 0. The van der Waals surface area contributed by atoms with Crippen molar-refractivity contribution in [3.8, 4) is 0 Å². The van der Waals surface area contributed by atoms with Crippen molar-refractivity contribution in [2.24, 2.45) is 0 Å². The second-order valence-corrected chi connectivity index (χ2v) is 5.06. The molecule has 2 atom stereocenters. The first kappa shape index (κ1) is 17.3. The van der Waals surface area contributed by atoms with E-state index in [0.717, 1.165) is 37.2 Å². The molecule has 6 heteroatoms. The fourth-order valence-corrected chi connectivity index (χ4v) is 2.54. The lowest BCUT2D eigenvalue weighted by atomic mass is 10.0. The third-order valence-electron chi connectivity index (χ3n) is 3.90. The predicted molar refractivity (Wildman–Crippen MR) is 76.1 cm³/mol. The Bertz CT molecular complexity index is 419. The van der Waals surface area contributed by atoms with Crippen molar-refractivity contribution >= 4 is 12.4 Å². The van der Waals surface area contributed by atoms with Gasteiger partial charge in [0, 0.05) is 25.2 Å². The molecule has 0 amide bonds. The summed E-state index contributed by atoms with van der Waals surface area (Å²) in [5, 5.41) is 3.24.